The maximum atomic E-state index is 5.30. The normalized spacial score (nSPS) is 11.1. The number of H-pyrrole nitrogens is 1. The molecule has 1 aromatic heterocycles. The summed E-state index contributed by atoms with van der Waals surface area (Å²) in [6.45, 7) is 3.87. The second kappa shape index (κ2) is 5.35. The zero-order valence-corrected chi connectivity index (χ0v) is 12.1. The standard InChI is InChI=1S/C13H14BrN3O/c1-8-13(9(2)17-16-8)15-7-10-6-11(14)4-5-12(10)18-3/h4-7H,1-3H3,(H,16,17). The summed E-state index contributed by atoms with van der Waals surface area (Å²) in [6, 6.07) is 5.80. The molecule has 0 atom stereocenters. The van der Waals surface area contributed by atoms with Gasteiger partial charge >= 0.3 is 0 Å². The number of hydrogen-bond acceptors (Lipinski definition) is 3. The minimum absolute atomic E-state index is 0.792. The first-order valence-electron chi connectivity index (χ1n) is 5.51. The van der Waals surface area contributed by atoms with Crippen molar-refractivity contribution in [3.63, 3.8) is 0 Å². The predicted molar refractivity (Wildman–Crippen MR) is 76.0 cm³/mol. The molecule has 1 aromatic carbocycles. The van der Waals surface area contributed by atoms with E-state index in [1.807, 2.05) is 32.0 Å². The molecule has 18 heavy (non-hydrogen) atoms. The van der Waals surface area contributed by atoms with E-state index in [0.29, 0.717) is 0 Å². The molecule has 2 rings (SSSR count). The summed E-state index contributed by atoms with van der Waals surface area (Å²) in [5, 5.41) is 7.02. The van der Waals surface area contributed by atoms with Gasteiger partial charge in [-0.1, -0.05) is 15.9 Å². The van der Waals surface area contributed by atoms with E-state index < -0.39 is 0 Å². The Kier molecular flexibility index (Phi) is 3.81. The van der Waals surface area contributed by atoms with Crippen molar-refractivity contribution >= 4 is 27.8 Å². The third kappa shape index (κ3) is 2.61. The number of benzene rings is 1. The molecule has 0 amide bonds. The van der Waals surface area contributed by atoms with E-state index in [2.05, 4.69) is 31.1 Å². The summed E-state index contributed by atoms with van der Waals surface area (Å²) in [6.07, 6.45) is 1.79. The van der Waals surface area contributed by atoms with Crippen molar-refractivity contribution < 1.29 is 4.74 Å². The van der Waals surface area contributed by atoms with Gasteiger partial charge in [0.15, 0.2) is 0 Å². The van der Waals surface area contributed by atoms with E-state index in [-0.39, 0.29) is 0 Å². The first-order chi connectivity index (χ1) is 8.61. The fraction of sp³-hybridized carbons (Fsp3) is 0.231. The molecule has 1 N–H and O–H groups in total. The van der Waals surface area contributed by atoms with Crippen LogP contribution in [-0.2, 0) is 0 Å². The maximum Gasteiger partial charge on any atom is 0.127 e. The molecular formula is C13H14BrN3O. The molecule has 4 nitrogen and oxygen atoms in total. The van der Waals surface area contributed by atoms with Gasteiger partial charge in [-0.05, 0) is 32.0 Å². The van der Waals surface area contributed by atoms with Crippen LogP contribution in [0.5, 0.6) is 5.75 Å². The van der Waals surface area contributed by atoms with Crippen molar-refractivity contribution in [2.24, 2.45) is 4.99 Å². The molecule has 0 aliphatic rings. The molecule has 0 radical (unpaired) electrons. The topological polar surface area (TPSA) is 50.3 Å². The summed E-state index contributed by atoms with van der Waals surface area (Å²) in [5.41, 5.74) is 3.64. The fourth-order valence-corrected chi connectivity index (χ4v) is 2.05. The third-order valence-electron chi connectivity index (χ3n) is 2.61. The highest BCUT2D eigenvalue weighted by atomic mass is 79.9. The third-order valence-corrected chi connectivity index (χ3v) is 3.11. The van der Waals surface area contributed by atoms with Gasteiger partial charge in [0.1, 0.15) is 11.4 Å². The number of ether oxygens (including phenoxy) is 1. The lowest BCUT2D eigenvalue weighted by molar-refractivity contribution is 0.414. The van der Waals surface area contributed by atoms with Gasteiger partial charge in [-0.25, -0.2) is 0 Å². The summed E-state index contributed by atoms with van der Waals surface area (Å²) < 4.78 is 6.29. The molecule has 0 aliphatic carbocycles. The van der Waals surface area contributed by atoms with Gasteiger partial charge in [-0.15, -0.1) is 0 Å². The van der Waals surface area contributed by atoms with Gasteiger partial charge in [0.2, 0.25) is 0 Å². The number of halogens is 1. The Morgan fingerprint density at radius 2 is 2.17 bits per heavy atom. The monoisotopic (exact) mass is 307 g/mol. The first kappa shape index (κ1) is 12.8. The van der Waals surface area contributed by atoms with Crippen LogP contribution in [0.3, 0.4) is 0 Å². The minimum Gasteiger partial charge on any atom is -0.496 e. The molecule has 5 heteroatoms. The lowest BCUT2D eigenvalue weighted by Crippen LogP contribution is -1.90. The second-order valence-electron chi connectivity index (χ2n) is 3.93. The number of hydrogen-bond donors (Lipinski definition) is 1. The van der Waals surface area contributed by atoms with Crippen LogP contribution in [0.25, 0.3) is 0 Å². The van der Waals surface area contributed by atoms with E-state index in [9.17, 15) is 0 Å². The van der Waals surface area contributed by atoms with Gasteiger partial charge in [-0.3, -0.25) is 10.1 Å². The van der Waals surface area contributed by atoms with E-state index in [0.717, 1.165) is 32.9 Å². The Bertz CT molecular complexity index is 570. The van der Waals surface area contributed by atoms with Gasteiger partial charge in [-0.2, -0.15) is 5.10 Å². The number of nitrogens with one attached hydrogen (secondary N) is 1. The molecule has 1 heterocycles. The van der Waals surface area contributed by atoms with E-state index in [1.165, 1.54) is 0 Å². The van der Waals surface area contributed by atoms with Crippen LogP contribution in [0.1, 0.15) is 17.0 Å². The van der Waals surface area contributed by atoms with Crippen molar-refractivity contribution in [2.75, 3.05) is 7.11 Å². The molecule has 2 aromatic rings. The average Bonchev–Trinajstić information content (AvgIpc) is 2.67. The van der Waals surface area contributed by atoms with Crippen LogP contribution in [-0.4, -0.2) is 23.5 Å². The molecule has 0 fully saturated rings. The van der Waals surface area contributed by atoms with E-state index >= 15 is 0 Å². The van der Waals surface area contributed by atoms with Crippen LogP contribution in [0.4, 0.5) is 5.69 Å². The van der Waals surface area contributed by atoms with Crippen LogP contribution >= 0.6 is 15.9 Å². The van der Waals surface area contributed by atoms with E-state index in [4.69, 9.17) is 4.74 Å². The number of aromatic nitrogens is 2. The van der Waals surface area contributed by atoms with Crippen molar-refractivity contribution in [3.8, 4) is 5.75 Å². The Morgan fingerprint density at radius 1 is 1.39 bits per heavy atom. The first-order valence-corrected chi connectivity index (χ1v) is 6.30. The lowest BCUT2D eigenvalue weighted by atomic mass is 10.2. The highest BCUT2D eigenvalue weighted by Crippen LogP contribution is 2.24. The molecule has 0 spiro atoms. The molecule has 0 bridgehead atoms. The Labute approximate surface area is 114 Å². The Morgan fingerprint density at radius 3 is 2.78 bits per heavy atom. The Balaban J connectivity index is 2.37. The second-order valence-corrected chi connectivity index (χ2v) is 4.84. The quantitative estimate of drug-likeness (QED) is 0.882. The van der Waals surface area contributed by atoms with Crippen molar-refractivity contribution in [2.45, 2.75) is 13.8 Å². The SMILES string of the molecule is COc1ccc(Br)cc1C=Nc1c(C)n[nH]c1C. The van der Waals surface area contributed by atoms with Crippen LogP contribution in [0.2, 0.25) is 0 Å². The van der Waals surface area contributed by atoms with Crippen LogP contribution in [0, 0.1) is 13.8 Å². The summed E-state index contributed by atoms with van der Waals surface area (Å²) in [4.78, 5) is 4.47. The highest BCUT2D eigenvalue weighted by molar-refractivity contribution is 9.10. The molecular weight excluding hydrogens is 294 g/mol. The molecule has 94 valence electrons. The molecule has 0 unspecified atom stereocenters. The molecule has 0 aliphatic heterocycles. The summed E-state index contributed by atoms with van der Waals surface area (Å²) in [5.74, 6) is 0.792. The number of nitrogens with zero attached hydrogens (tertiary/aromatic N) is 2. The van der Waals surface area contributed by atoms with Crippen LogP contribution in [0.15, 0.2) is 27.7 Å². The van der Waals surface area contributed by atoms with Gasteiger partial charge in [0.05, 0.1) is 18.5 Å². The maximum absolute atomic E-state index is 5.30. The lowest BCUT2D eigenvalue weighted by Gasteiger charge is -2.04. The number of methoxy groups -OCH3 is 1. The van der Waals surface area contributed by atoms with Crippen LogP contribution < -0.4 is 4.74 Å². The fourth-order valence-electron chi connectivity index (χ4n) is 1.68. The number of aryl methyl sites for hydroxylation is 2. The highest BCUT2D eigenvalue weighted by Gasteiger charge is 2.05. The van der Waals surface area contributed by atoms with E-state index in [1.54, 1.807) is 13.3 Å². The molecule has 0 saturated carbocycles. The molecule has 0 saturated heterocycles. The summed E-state index contributed by atoms with van der Waals surface area (Å²) >= 11 is 3.44. The minimum atomic E-state index is 0.792. The van der Waals surface area contributed by atoms with Crippen molar-refractivity contribution in [1.82, 2.24) is 10.2 Å². The van der Waals surface area contributed by atoms with Crippen molar-refractivity contribution in [3.05, 3.63) is 39.6 Å². The van der Waals surface area contributed by atoms with Gasteiger partial charge < -0.3 is 4.74 Å². The van der Waals surface area contributed by atoms with Gasteiger partial charge in [0, 0.05) is 16.3 Å². The largest absolute Gasteiger partial charge is 0.496 e. The van der Waals surface area contributed by atoms with Crippen molar-refractivity contribution in [1.29, 1.82) is 0 Å². The summed E-state index contributed by atoms with van der Waals surface area (Å²) in [7, 11) is 1.65. The smallest absolute Gasteiger partial charge is 0.127 e. The average molecular weight is 308 g/mol. The zero-order valence-electron chi connectivity index (χ0n) is 10.5. The Hall–Kier alpha value is -1.62. The number of rotatable bonds is 3. The van der Waals surface area contributed by atoms with Gasteiger partial charge in [0.25, 0.3) is 0 Å². The number of aromatic amines is 1. The number of aliphatic imine (C=N–C) groups is 1. The zero-order chi connectivity index (χ0) is 13.1. The predicted octanol–water partition coefficient (Wildman–Crippen LogP) is 3.55.